The molecular weight excluding hydrogens is 558 g/mol. The van der Waals surface area contributed by atoms with E-state index in [1.54, 1.807) is 30.7 Å². The number of aryl methyl sites for hydroxylation is 1. The molecule has 4 heterocycles. The predicted molar refractivity (Wildman–Crippen MR) is 170 cm³/mol. The van der Waals surface area contributed by atoms with Crippen LogP contribution in [0.15, 0.2) is 116 Å². The zero-order valence-corrected chi connectivity index (χ0v) is 23.8. The molecule has 0 fully saturated rings. The molecular formula is C33H25N7O2S. The smallest absolute Gasteiger partial charge is 0.265 e. The molecule has 2 amide bonds. The molecule has 10 heteroatoms. The van der Waals surface area contributed by atoms with Crippen LogP contribution in [0.5, 0.6) is 0 Å². The zero-order valence-electron chi connectivity index (χ0n) is 23.0. The maximum Gasteiger partial charge on any atom is 0.265 e. The molecule has 4 aromatic heterocycles. The fourth-order valence-corrected chi connectivity index (χ4v) is 5.20. The fraction of sp³-hybridized carbons (Fsp3) is 0.0303. The normalized spacial score (nSPS) is 10.6. The quantitative estimate of drug-likeness (QED) is 0.173. The largest absolute Gasteiger partial charge is 0.324 e. The summed E-state index contributed by atoms with van der Waals surface area (Å²) in [5.41, 5.74) is 5.65. The van der Waals surface area contributed by atoms with Gasteiger partial charge in [-0.15, -0.1) is 11.3 Å². The van der Waals surface area contributed by atoms with Gasteiger partial charge in [0.1, 0.15) is 0 Å². The maximum absolute atomic E-state index is 13.1. The average Bonchev–Trinajstić information content (AvgIpc) is 3.55. The van der Waals surface area contributed by atoms with Crippen LogP contribution < -0.4 is 16.0 Å². The van der Waals surface area contributed by atoms with Gasteiger partial charge in [-0.3, -0.25) is 19.6 Å². The van der Waals surface area contributed by atoms with Crippen LogP contribution in [-0.2, 0) is 0 Å². The number of carbonyl (C=O) groups excluding carboxylic acids is 2. The number of hydrogen-bond donors (Lipinski definition) is 3. The van der Waals surface area contributed by atoms with Crippen LogP contribution >= 0.6 is 11.3 Å². The van der Waals surface area contributed by atoms with Crippen molar-refractivity contribution in [2.75, 3.05) is 16.0 Å². The Morgan fingerprint density at radius 2 is 1.56 bits per heavy atom. The van der Waals surface area contributed by atoms with Crippen LogP contribution in [-0.4, -0.2) is 31.8 Å². The summed E-state index contributed by atoms with van der Waals surface area (Å²) in [4.78, 5) is 44.8. The SMILES string of the molecule is Cc1ccc(NC(=O)c2cncc(NC(=O)c3ccc(-c4ccccc4)s3)c2)cc1Nc1nccc(-c2cccnc2)n1. The Morgan fingerprint density at radius 3 is 2.40 bits per heavy atom. The third kappa shape index (κ3) is 6.61. The maximum atomic E-state index is 13.1. The molecule has 2 aromatic carbocycles. The molecule has 9 nitrogen and oxygen atoms in total. The molecule has 0 aliphatic heterocycles. The van der Waals surface area contributed by atoms with E-state index in [-0.39, 0.29) is 11.8 Å². The first-order chi connectivity index (χ1) is 21.0. The lowest BCUT2D eigenvalue weighted by Gasteiger charge is -2.12. The first-order valence-electron chi connectivity index (χ1n) is 13.4. The van der Waals surface area contributed by atoms with Crippen LogP contribution in [0.4, 0.5) is 23.0 Å². The number of benzene rings is 2. The Kier molecular flexibility index (Phi) is 7.92. The highest BCUT2D eigenvalue weighted by molar-refractivity contribution is 7.17. The summed E-state index contributed by atoms with van der Waals surface area (Å²) in [6.45, 7) is 1.95. The standard InChI is InChI=1S/C33H25N7O2S/c1-21-9-10-25(17-28(21)40-33-36-15-13-27(39-33)23-8-5-14-34-18-23)37-31(41)24-16-26(20-35-19-24)38-32(42)30-12-11-29(43-30)22-6-3-2-4-7-22/h2-20H,1H3,(H,37,41)(H,38,42)(H,36,39,40). The number of nitrogens with one attached hydrogen (secondary N) is 3. The zero-order chi connectivity index (χ0) is 29.6. The summed E-state index contributed by atoms with van der Waals surface area (Å²) in [6, 6.07) is 26.3. The van der Waals surface area contributed by atoms with Gasteiger partial charge in [-0.1, -0.05) is 36.4 Å². The number of carbonyl (C=O) groups is 2. The summed E-state index contributed by atoms with van der Waals surface area (Å²) >= 11 is 1.40. The lowest BCUT2D eigenvalue weighted by atomic mass is 10.1. The van der Waals surface area contributed by atoms with Crippen molar-refractivity contribution in [2.45, 2.75) is 6.92 Å². The predicted octanol–water partition coefficient (Wildman–Crippen LogP) is 7.22. The Hall–Kier alpha value is -5.74. The average molecular weight is 584 g/mol. The lowest BCUT2D eigenvalue weighted by Crippen LogP contribution is -2.15. The van der Waals surface area contributed by atoms with Crippen molar-refractivity contribution in [2.24, 2.45) is 0 Å². The van der Waals surface area contributed by atoms with E-state index in [1.165, 1.54) is 23.7 Å². The number of aromatic nitrogens is 4. The van der Waals surface area contributed by atoms with Crippen molar-refractivity contribution < 1.29 is 9.59 Å². The van der Waals surface area contributed by atoms with Crippen LogP contribution in [0.2, 0.25) is 0 Å². The van der Waals surface area contributed by atoms with Gasteiger partial charge >= 0.3 is 0 Å². The van der Waals surface area contributed by atoms with E-state index in [9.17, 15) is 9.59 Å². The van der Waals surface area contributed by atoms with E-state index in [4.69, 9.17) is 0 Å². The monoisotopic (exact) mass is 583 g/mol. The molecule has 3 N–H and O–H groups in total. The Morgan fingerprint density at radius 1 is 0.721 bits per heavy atom. The lowest BCUT2D eigenvalue weighted by molar-refractivity contribution is 0.101. The van der Waals surface area contributed by atoms with E-state index in [0.717, 1.165) is 32.9 Å². The molecule has 0 bridgehead atoms. The molecule has 6 rings (SSSR count). The third-order valence-electron chi connectivity index (χ3n) is 6.50. The van der Waals surface area contributed by atoms with Crippen molar-refractivity contribution in [1.82, 2.24) is 19.9 Å². The fourth-order valence-electron chi connectivity index (χ4n) is 4.29. The second kappa shape index (κ2) is 12.4. The van der Waals surface area contributed by atoms with Gasteiger partial charge in [0, 0.05) is 46.6 Å². The molecule has 0 aliphatic carbocycles. The number of anilines is 4. The van der Waals surface area contributed by atoms with Gasteiger partial charge in [-0.25, -0.2) is 9.97 Å². The van der Waals surface area contributed by atoms with Gasteiger partial charge in [0.15, 0.2) is 0 Å². The first kappa shape index (κ1) is 27.4. The van der Waals surface area contributed by atoms with E-state index in [0.29, 0.717) is 27.8 Å². The van der Waals surface area contributed by atoms with Crippen LogP contribution in [0.3, 0.4) is 0 Å². The molecule has 0 atom stereocenters. The molecule has 0 saturated carbocycles. The highest BCUT2D eigenvalue weighted by Crippen LogP contribution is 2.29. The van der Waals surface area contributed by atoms with Crippen molar-refractivity contribution >= 4 is 46.2 Å². The second-order valence-electron chi connectivity index (χ2n) is 9.56. The summed E-state index contributed by atoms with van der Waals surface area (Å²) in [6.07, 6.45) is 8.09. The van der Waals surface area contributed by atoms with Gasteiger partial charge in [-0.05, 0) is 66.6 Å². The van der Waals surface area contributed by atoms with E-state index in [1.807, 2.05) is 79.7 Å². The summed E-state index contributed by atoms with van der Waals surface area (Å²) < 4.78 is 0. The van der Waals surface area contributed by atoms with Crippen molar-refractivity contribution in [3.05, 3.63) is 132 Å². The number of hydrogen-bond acceptors (Lipinski definition) is 8. The molecule has 210 valence electrons. The molecule has 0 unspecified atom stereocenters. The summed E-state index contributed by atoms with van der Waals surface area (Å²) in [7, 11) is 0. The number of rotatable bonds is 8. The number of amides is 2. The van der Waals surface area contributed by atoms with Gasteiger partial charge in [-0.2, -0.15) is 0 Å². The minimum absolute atomic E-state index is 0.268. The summed E-state index contributed by atoms with van der Waals surface area (Å²) in [5, 5.41) is 8.99. The Bertz CT molecular complexity index is 1910. The molecule has 0 spiro atoms. The van der Waals surface area contributed by atoms with Crippen molar-refractivity contribution in [3.8, 4) is 21.7 Å². The Balaban J connectivity index is 1.13. The van der Waals surface area contributed by atoms with E-state index < -0.39 is 0 Å². The third-order valence-corrected chi connectivity index (χ3v) is 7.63. The molecule has 43 heavy (non-hydrogen) atoms. The van der Waals surface area contributed by atoms with E-state index in [2.05, 4.69) is 35.9 Å². The molecule has 0 radical (unpaired) electrons. The minimum atomic E-state index is -0.365. The van der Waals surface area contributed by atoms with Gasteiger partial charge < -0.3 is 16.0 Å². The van der Waals surface area contributed by atoms with Gasteiger partial charge in [0.05, 0.1) is 28.0 Å². The highest BCUT2D eigenvalue weighted by atomic mass is 32.1. The van der Waals surface area contributed by atoms with Crippen LogP contribution in [0.25, 0.3) is 21.7 Å². The van der Waals surface area contributed by atoms with Crippen molar-refractivity contribution in [1.29, 1.82) is 0 Å². The topological polar surface area (TPSA) is 122 Å². The van der Waals surface area contributed by atoms with Gasteiger partial charge in [0.2, 0.25) is 5.95 Å². The molecule has 0 aliphatic rings. The van der Waals surface area contributed by atoms with E-state index >= 15 is 0 Å². The van der Waals surface area contributed by atoms with Gasteiger partial charge in [0.25, 0.3) is 11.8 Å². The number of nitrogens with zero attached hydrogens (tertiary/aromatic N) is 4. The van der Waals surface area contributed by atoms with Crippen LogP contribution in [0, 0.1) is 6.92 Å². The highest BCUT2D eigenvalue weighted by Gasteiger charge is 2.14. The molecule has 6 aromatic rings. The van der Waals surface area contributed by atoms with Crippen molar-refractivity contribution in [3.63, 3.8) is 0 Å². The number of thiophene rings is 1. The second-order valence-corrected chi connectivity index (χ2v) is 10.6. The number of pyridine rings is 2. The Labute approximate surface area is 251 Å². The summed E-state index contributed by atoms with van der Waals surface area (Å²) in [5.74, 6) is -0.214. The van der Waals surface area contributed by atoms with Crippen LogP contribution in [0.1, 0.15) is 25.6 Å². The minimum Gasteiger partial charge on any atom is -0.324 e. The first-order valence-corrected chi connectivity index (χ1v) is 14.2. The molecule has 0 saturated heterocycles.